The molecule has 2 nitrogen and oxygen atoms in total. The van der Waals surface area contributed by atoms with Crippen LogP contribution in [0.15, 0.2) is 18.2 Å². The minimum atomic E-state index is -0.554. The molecule has 1 aromatic carbocycles. The van der Waals surface area contributed by atoms with Crippen LogP contribution in [0.1, 0.15) is 24.4 Å². The third kappa shape index (κ3) is 1.65. The summed E-state index contributed by atoms with van der Waals surface area (Å²) in [5.41, 5.74) is 0.969. The van der Waals surface area contributed by atoms with Crippen LogP contribution in [0.5, 0.6) is 5.75 Å². The van der Waals surface area contributed by atoms with E-state index in [2.05, 4.69) is 5.32 Å². The lowest BCUT2D eigenvalue weighted by atomic mass is 10.1. The van der Waals surface area contributed by atoms with Crippen LogP contribution in [0.2, 0.25) is 0 Å². The molecule has 2 N–H and O–H groups in total. The van der Waals surface area contributed by atoms with Gasteiger partial charge in [-0.2, -0.15) is 0 Å². The summed E-state index contributed by atoms with van der Waals surface area (Å²) in [5.74, 6) is -0.812. The maximum atomic E-state index is 12.7. The Balaban J connectivity index is 2.25. The van der Waals surface area contributed by atoms with Gasteiger partial charge in [-0.05, 0) is 37.1 Å². The Labute approximate surface area is 76.4 Å². The second-order valence-corrected chi connectivity index (χ2v) is 3.36. The first-order valence-corrected chi connectivity index (χ1v) is 4.49. The smallest absolute Gasteiger partial charge is 0.164 e. The minimum Gasteiger partial charge on any atom is -0.505 e. The van der Waals surface area contributed by atoms with E-state index in [9.17, 15) is 4.39 Å². The normalized spacial score (nSPS) is 22.1. The van der Waals surface area contributed by atoms with Gasteiger partial charge in [0.1, 0.15) is 0 Å². The van der Waals surface area contributed by atoms with Crippen molar-refractivity contribution >= 4 is 0 Å². The highest BCUT2D eigenvalue weighted by atomic mass is 19.1. The highest BCUT2D eigenvalue weighted by Gasteiger charge is 2.16. The van der Waals surface area contributed by atoms with Gasteiger partial charge < -0.3 is 10.4 Å². The van der Waals surface area contributed by atoms with Crippen LogP contribution in [0.25, 0.3) is 0 Å². The summed E-state index contributed by atoms with van der Waals surface area (Å²) in [6.07, 6.45) is 2.20. The highest BCUT2D eigenvalue weighted by molar-refractivity contribution is 5.31. The summed E-state index contributed by atoms with van der Waals surface area (Å²) < 4.78 is 12.7. The molecule has 0 aliphatic carbocycles. The van der Waals surface area contributed by atoms with Crippen molar-refractivity contribution in [3.8, 4) is 5.75 Å². The molecule has 0 aromatic heterocycles. The summed E-state index contributed by atoms with van der Waals surface area (Å²) in [7, 11) is 0. The number of rotatable bonds is 1. The zero-order valence-corrected chi connectivity index (χ0v) is 7.26. The first kappa shape index (κ1) is 8.51. The zero-order chi connectivity index (χ0) is 9.26. The van der Waals surface area contributed by atoms with Crippen molar-refractivity contribution in [1.82, 2.24) is 5.32 Å². The van der Waals surface area contributed by atoms with E-state index >= 15 is 0 Å². The fraction of sp³-hybridized carbons (Fsp3) is 0.400. The number of hydrogen-bond acceptors (Lipinski definition) is 2. The van der Waals surface area contributed by atoms with Gasteiger partial charge in [0.2, 0.25) is 0 Å². The lowest BCUT2D eigenvalue weighted by molar-refractivity contribution is 0.430. The number of aromatic hydroxyl groups is 1. The Kier molecular flexibility index (Phi) is 2.19. The van der Waals surface area contributed by atoms with Gasteiger partial charge in [-0.15, -0.1) is 0 Å². The van der Waals surface area contributed by atoms with E-state index in [0.29, 0.717) is 0 Å². The molecule has 0 bridgehead atoms. The molecule has 70 valence electrons. The lowest BCUT2D eigenvalue weighted by Gasteiger charge is -2.10. The third-order valence-electron chi connectivity index (χ3n) is 2.43. The molecule has 1 aliphatic rings. The Morgan fingerprint density at radius 3 is 2.92 bits per heavy atom. The van der Waals surface area contributed by atoms with Gasteiger partial charge in [-0.3, -0.25) is 0 Å². The molecule has 13 heavy (non-hydrogen) atoms. The Bertz CT molecular complexity index is 308. The quantitative estimate of drug-likeness (QED) is 0.694. The molecular formula is C10H12FNO. The molecule has 1 heterocycles. The van der Waals surface area contributed by atoms with Gasteiger partial charge in [0.05, 0.1) is 0 Å². The van der Waals surface area contributed by atoms with Crippen LogP contribution in [0, 0.1) is 5.82 Å². The van der Waals surface area contributed by atoms with Gasteiger partial charge in [0, 0.05) is 6.04 Å². The first-order valence-electron chi connectivity index (χ1n) is 4.49. The summed E-state index contributed by atoms with van der Waals surface area (Å²) in [6, 6.07) is 4.81. The van der Waals surface area contributed by atoms with E-state index in [1.54, 1.807) is 6.07 Å². The number of phenolic OH excluding ortho intramolecular Hbond substituents is 1. The van der Waals surface area contributed by atoms with Crippen molar-refractivity contribution in [2.75, 3.05) is 6.54 Å². The molecule has 1 atom stereocenters. The molecule has 0 radical (unpaired) electrons. The average molecular weight is 181 g/mol. The molecule has 0 amide bonds. The summed E-state index contributed by atoms with van der Waals surface area (Å²) >= 11 is 0. The van der Waals surface area contributed by atoms with E-state index in [-0.39, 0.29) is 11.8 Å². The largest absolute Gasteiger partial charge is 0.505 e. The van der Waals surface area contributed by atoms with Crippen molar-refractivity contribution in [1.29, 1.82) is 0 Å². The maximum Gasteiger partial charge on any atom is 0.164 e. The average Bonchev–Trinajstić information content (AvgIpc) is 2.62. The minimum absolute atomic E-state index is 0.258. The predicted molar refractivity (Wildman–Crippen MR) is 48.0 cm³/mol. The number of benzene rings is 1. The van der Waals surface area contributed by atoms with Crippen molar-refractivity contribution < 1.29 is 9.50 Å². The van der Waals surface area contributed by atoms with Crippen LogP contribution in [0.3, 0.4) is 0 Å². The van der Waals surface area contributed by atoms with Crippen molar-refractivity contribution in [3.63, 3.8) is 0 Å². The van der Waals surface area contributed by atoms with E-state index < -0.39 is 5.82 Å². The molecular weight excluding hydrogens is 169 g/mol. The number of phenols is 1. The summed E-state index contributed by atoms with van der Waals surface area (Å²) in [4.78, 5) is 0. The molecule has 1 aromatic rings. The van der Waals surface area contributed by atoms with Crippen LogP contribution in [-0.2, 0) is 0 Å². The standard InChI is InChI=1S/C10H12FNO/c11-8-4-3-7(6-10(8)13)9-2-1-5-12-9/h3-4,6,9,12-13H,1-2,5H2. The van der Waals surface area contributed by atoms with Gasteiger partial charge in [0.15, 0.2) is 11.6 Å². The van der Waals surface area contributed by atoms with Crippen molar-refractivity contribution in [2.24, 2.45) is 0 Å². The monoisotopic (exact) mass is 181 g/mol. The molecule has 1 unspecified atom stereocenters. The third-order valence-corrected chi connectivity index (χ3v) is 2.43. The fourth-order valence-electron chi connectivity index (χ4n) is 1.72. The second kappa shape index (κ2) is 3.34. The Morgan fingerprint density at radius 2 is 2.31 bits per heavy atom. The molecule has 1 fully saturated rings. The predicted octanol–water partition coefficient (Wildman–Crippen LogP) is 1.96. The lowest BCUT2D eigenvalue weighted by Crippen LogP contribution is -2.12. The van der Waals surface area contributed by atoms with E-state index in [1.807, 2.05) is 0 Å². The summed E-state index contributed by atoms with van der Waals surface area (Å²) in [5, 5.41) is 12.4. The number of nitrogens with one attached hydrogen (secondary N) is 1. The molecule has 1 aliphatic heterocycles. The zero-order valence-electron chi connectivity index (χ0n) is 7.26. The number of halogens is 1. The molecule has 2 rings (SSSR count). The van der Waals surface area contributed by atoms with E-state index in [4.69, 9.17) is 5.11 Å². The van der Waals surface area contributed by atoms with E-state index in [0.717, 1.165) is 24.9 Å². The first-order chi connectivity index (χ1) is 6.27. The van der Waals surface area contributed by atoms with Gasteiger partial charge >= 0.3 is 0 Å². The van der Waals surface area contributed by atoms with Crippen LogP contribution >= 0.6 is 0 Å². The molecule has 1 saturated heterocycles. The second-order valence-electron chi connectivity index (χ2n) is 3.36. The number of hydrogen-bond donors (Lipinski definition) is 2. The van der Waals surface area contributed by atoms with Crippen LogP contribution < -0.4 is 5.32 Å². The molecule has 0 spiro atoms. The molecule has 0 saturated carbocycles. The summed E-state index contributed by atoms with van der Waals surface area (Å²) in [6.45, 7) is 1.00. The topological polar surface area (TPSA) is 32.3 Å². The van der Waals surface area contributed by atoms with Crippen LogP contribution in [-0.4, -0.2) is 11.7 Å². The van der Waals surface area contributed by atoms with Gasteiger partial charge in [-0.25, -0.2) is 4.39 Å². The van der Waals surface area contributed by atoms with Gasteiger partial charge in [0.25, 0.3) is 0 Å². The van der Waals surface area contributed by atoms with Crippen LogP contribution in [0.4, 0.5) is 4.39 Å². The fourth-order valence-corrected chi connectivity index (χ4v) is 1.72. The van der Waals surface area contributed by atoms with Crippen molar-refractivity contribution in [2.45, 2.75) is 18.9 Å². The van der Waals surface area contributed by atoms with Crippen molar-refractivity contribution in [3.05, 3.63) is 29.6 Å². The maximum absolute atomic E-state index is 12.7. The van der Waals surface area contributed by atoms with Gasteiger partial charge in [-0.1, -0.05) is 6.07 Å². The Morgan fingerprint density at radius 1 is 1.46 bits per heavy atom. The highest BCUT2D eigenvalue weighted by Crippen LogP contribution is 2.26. The SMILES string of the molecule is Oc1cc(C2CCCN2)ccc1F. The Hall–Kier alpha value is -1.09. The van der Waals surface area contributed by atoms with E-state index in [1.165, 1.54) is 12.1 Å². The molecule has 3 heteroatoms.